The third kappa shape index (κ3) is 8.16. The van der Waals surface area contributed by atoms with E-state index >= 15 is 0 Å². The van der Waals surface area contributed by atoms with Gasteiger partial charge in [-0.2, -0.15) is 0 Å². The van der Waals surface area contributed by atoms with Crippen LogP contribution in [-0.2, 0) is 42.7 Å². The number of aliphatic hydroxyl groups excluding tert-OH is 1. The molecule has 2 aliphatic carbocycles. The summed E-state index contributed by atoms with van der Waals surface area (Å²) in [6.45, 7) is 6.95. The zero-order chi connectivity index (χ0) is 42.0. The highest BCUT2D eigenvalue weighted by atomic mass is 35.5. The molecule has 3 aliphatic heterocycles. The maximum Gasteiger partial charge on any atom is 0.316 e. The Hall–Kier alpha value is -3.55. The molecule has 13 atom stereocenters. The Labute approximate surface area is 348 Å². The number of nitrogens with zero attached hydrogens (tertiary/aromatic N) is 1. The molecule has 0 spiro atoms. The van der Waals surface area contributed by atoms with Crippen LogP contribution in [0.25, 0.3) is 0 Å². The highest BCUT2D eigenvalue weighted by molar-refractivity contribution is 6.30. The third-order valence-electron chi connectivity index (χ3n) is 12.4. The zero-order valence-electron chi connectivity index (χ0n) is 34.1. The number of halogens is 1. The van der Waals surface area contributed by atoms with Crippen molar-refractivity contribution in [1.29, 1.82) is 0 Å². The molecule has 324 valence electrons. The summed E-state index contributed by atoms with van der Waals surface area (Å²) in [4.78, 5) is 55.0. The van der Waals surface area contributed by atoms with Gasteiger partial charge in [-0.3, -0.25) is 19.2 Å². The minimum Gasteiger partial charge on any atom is -0.507 e. The van der Waals surface area contributed by atoms with E-state index in [4.69, 9.17) is 33.2 Å². The summed E-state index contributed by atoms with van der Waals surface area (Å²) >= 11 is 0. The van der Waals surface area contributed by atoms with Crippen molar-refractivity contribution in [1.82, 2.24) is 4.90 Å². The molecule has 0 amide bonds. The quantitative estimate of drug-likeness (QED) is 0.226. The van der Waals surface area contributed by atoms with E-state index in [0.717, 1.165) is 0 Å². The van der Waals surface area contributed by atoms with Crippen molar-refractivity contribution in [3.05, 3.63) is 57.6 Å². The van der Waals surface area contributed by atoms with Crippen molar-refractivity contribution >= 4 is 35.7 Å². The molecule has 3 fully saturated rings. The predicted octanol–water partition coefficient (Wildman–Crippen LogP) is 3.58. The van der Waals surface area contributed by atoms with Gasteiger partial charge in [0.25, 0.3) is 0 Å². The number of methoxy groups -OCH3 is 1. The molecule has 0 aromatic heterocycles. The second-order valence-electron chi connectivity index (χ2n) is 16.3. The van der Waals surface area contributed by atoms with Crippen LogP contribution in [0, 0.1) is 0 Å². The molecule has 3 heterocycles. The number of benzene rings is 2. The molecule has 3 saturated heterocycles. The first-order valence-corrected chi connectivity index (χ1v) is 19.9. The number of hydrogen-bond donors (Lipinski definition) is 4. The molecule has 12 unspecified atom stereocenters. The highest BCUT2D eigenvalue weighted by Gasteiger charge is 2.53. The smallest absolute Gasteiger partial charge is 0.316 e. The number of aromatic hydroxyl groups is 2. The van der Waals surface area contributed by atoms with Gasteiger partial charge in [-0.1, -0.05) is 19.1 Å². The number of phenols is 2. The van der Waals surface area contributed by atoms with Crippen LogP contribution in [0.2, 0.25) is 0 Å². The number of ether oxygens (including phenoxy) is 7. The van der Waals surface area contributed by atoms with Gasteiger partial charge in [-0.25, -0.2) is 0 Å². The molecule has 4 N–H and O–H groups in total. The predicted molar refractivity (Wildman–Crippen MR) is 208 cm³/mol. The van der Waals surface area contributed by atoms with Crippen LogP contribution in [-0.4, -0.2) is 137 Å². The number of ketones is 3. The lowest BCUT2D eigenvalue weighted by Gasteiger charge is -2.48. The van der Waals surface area contributed by atoms with Gasteiger partial charge in [-0.05, 0) is 59.0 Å². The van der Waals surface area contributed by atoms with Crippen molar-refractivity contribution in [2.24, 2.45) is 0 Å². The van der Waals surface area contributed by atoms with Crippen molar-refractivity contribution in [3.63, 3.8) is 0 Å². The number of aliphatic hydroxyl groups is 2. The average Bonchev–Trinajstić information content (AvgIpc) is 3.17. The van der Waals surface area contributed by atoms with Gasteiger partial charge in [0.1, 0.15) is 35.7 Å². The number of esters is 1. The lowest BCUT2D eigenvalue weighted by Crippen LogP contribution is -2.58. The zero-order valence-corrected chi connectivity index (χ0v) is 34.9. The summed E-state index contributed by atoms with van der Waals surface area (Å²) in [5, 5.41) is 45.9. The van der Waals surface area contributed by atoms with Crippen molar-refractivity contribution in [3.8, 4) is 11.5 Å². The first kappa shape index (κ1) is 45.0. The van der Waals surface area contributed by atoms with E-state index in [0.29, 0.717) is 12.8 Å². The SMILES string of the molecule is CC[C@@]1(O)CC(OC2CC(N(C)C)C(OC3CC(O)C(OC4CCC(=O)C(C)O4)C(C)O3)C(C)O2)c2c(cc3c(c2O)C(=O)c2c(O)cccc2C3=O)C1C(=O)OC.Cl. The molecular formula is C42H54ClNO15. The second kappa shape index (κ2) is 17.4. The summed E-state index contributed by atoms with van der Waals surface area (Å²) in [6, 6.07) is 5.11. The molecule has 2 aromatic carbocycles. The van der Waals surface area contributed by atoms with E-state index in [1.807, 2.05) is 19.0 Å². The maximum atomic E-state index is 13.9. The van der Waals surface area contributed by atoms with Crippen LogP contribution in [0.1, 0.15) is 121 Å². The molecule has 2 aromatic rings. The summed E-state index contributed by atoms with van der Waals surface area (Å²) in [7, 11) is 4.91. The topological polar surface area (TPSA) is 217 Å². The van der Waals surface area contributed by atoms with E-state index in [9.17, 15) is 39.6 Å². The first-order valence-electron chi connectivity index (χ1n) is 19.9. The molecule has 0 radical (unpaired) electrons. The fraction of sp³-hybridized carbons (Fsp3) is 0.619. The maximum absolute atomic E-state index is 13.9. The second-order valence-corrected chi connectivity index (χ2v) is 16.3. The molecule has 16 nitrogen and oxygen atoms in total. The Kier molecular flexibility index (Phi) is 13.3. The van der Waals surface area contributed by atoms with Gasteiger partial charge >= 0.3 is 5.97 Å². The summed E-state index contributed by atoms with van der Waals surface area (Å²) in [5.74, 6) is -4.59. The van der Waals surface area contributed by atoms with Gasteiger partial charge in [0.15, 0.2) is 30.4 Å². The number of likely N-dealkylation sites (N-methyl/N-ethyl adjacent to an activating group) is 1. The summed E-state index contributed by atoms with van der Waals surface area (Å²) in [6.07, 6.45) is -6.64. The van der Waals surface area contributed by atoms with Crippen LogP contribution in [0.3, 0.4) is 0 Å². The summed E-state index contributed by atoms with van der Waals surface area (Å²) in [5.41, 5.74) is -2.49. The Bertz CT molecular complexity index is 1950. The molecule has 0 saturated carbocycles. The van der Waals surface area contributed by atoms with Crippen LogP contribution in [0.4, 0.5) is 0 Å². The average molecular weight is 848 g/mol. The number of Topliss-reactive ketones (excluding diaryl/α,β-unsaturated/α-hetero) is 1. The van der Waals surface area contributed by atoms with E-state index in [-0.39, 0.29) is 83.3 Å². The van der Waals surface area contributed by atoms with Gasteiger partial charge in [0, 0.05) is 54.8 Å². The molecule has 0 bridgehead atoms. The van der Waals surface area contributed by atoms with Crippen molar-refractivity contribution in [2.45, 2.75) is 145 Å². The van der Waals surface area contributed by atoms with Crippen LogP contribution < -0.4 is 0 Å². The van der Waals surface area contributed by atoms with Gasteiger partial charge in [-0.15, -0.1) is 12.4 Å². The number of hydrogen-bond acceptors (Lipinski definition) is 16. The van der Waals surface area contributed by atoms with Crippen LogP contribution in [0.15, 0.2) is 24.3 Å². The lowest BCUT2D eigenvalue weighted by atomic mass is 9.67. The number of phenolic OH excluding ortho intramolecular Hbond substituents is 2. The molecule has 59 heavy (non-hydrogen) atoms. The van der Waals surface area contributed by atoms with Gasteiger partial charge in [0.05, 0.1) is 48.3 Å². The van der Waals surface area contributed by atoms with Crippen molar-refractivity contribution < 1.29 is 72.8 Å². The Balaban J connectivity index is 0.00000585. The number of carbonyl (C=O) groups excluding carboxylic acids is 4. The molecule has 5 aliphatic rings. The van der Waals surface area contributed by atoms with E-state index in [1.54, 1.807) is 27.7 Å². The largest absolute Gasteiger partial charge is 0.507 e. The van der Waals surface area contributed by atoms with Gasteiger partial charge in [0.2, 0.25) is 5.78 Å². The Morgan fingerprint density at radius 3 is 2.19 bits per heavy atom. The van der Waals surface area contributed by atoms with E-state index < -0.39 is 102 Å². The summed E-state index contributed by atoms with van der Waals surface area (Å²) < 4.78 is 42.6. The highest BCUT2D eigenvalue weighted by Crippen LogP contribution is 2.54. The number of carbonyl (C=O) groups is 4. The standard InChI is InChI=1S/C42H53NO15.ClH/c1-8-42(51)17-28(33-22(35(42)41(50)52-7)14-23-34(38(33)49)37(48)32-21(36(23)47)10-9-11-26(32)45)56-30-15-24(43(5)6)39(19(3)54-30)58-31-16-27(46)40(20(4)55-31)57-29-13-12-25(44)18(2)53-29;/h9-11,14,18-20,24,27-31,35,39-40,45-46,49,51H,8,12-13,15-17H2,1-7H3;1H/t18?,19?,20?,24?,27?,28?,29?,30?,31?,35?,39?,40?,42-;/m1./s1. The van der Waals surface area contributed by atoms with E-state index in [1.165, 1.54) is 31.4 Å². The minimum atomic E-state index is -1.76. The Morgan fingerprint density at radius 2 is 1.56 bits per heavy atom. The Morgan fingerprint density at radius 1 is 0.898 bits per heavy atom. The molecule has 17 heteroatoms. The lowest BCUT2D eigenvalue weighted by molar-refractivity contribution is -0.324. The molecule has 7 rings (SSSR count). The normalized spacial score (nSPS) is 35.7. The minimum absolute atomic E-state index is 0. The van der Waals surface area contributed by atoms with Crippen LogP contribution in [0.5, 0.6) is 11.5 Å². The van der Waals surface area contributed by atoms with E-state index in [2.05, 4.69) is 0 Å². The number of fused-ring (bicyclic) bond motifs is 3. The van der Waals surface area contributed by atoms with Crippen LogP contribution >= 0.6 is 12.4 Å². The van der Waals surface area contributed by atoms with Gasteiger partial charge < -0.3 is 58.5 Å². The fourth-order valence-corrected chi connectivity index (χ4v) is 9.27. The monoisotopic (exact) mass is 847 g/mol. The fourth-order valence-electron chi connectivity index (χ4n) is 9.27. The van der Waals surface area contributed by atoms with Crippen molar-refractivity contribution in [2.75, 3.05) is 21.2 Å². The third-order valence-corrected chi connectivity index (χ3v) is 12.4. The number of rotatable bonds is 9. The molecular weight excluding hydrogens is 794 g/mol. The first-order chi connectivity index (χ1) is 27.5.